The van der Waals surface area contributed by atoms with Crippen molar-refractivity contribution in [1.82, 2.24) is 15.1 Å². The van der Waals surface area contributed by atoms with Crippen LogP contribution in [0.25, 0.3) is 11.4 Å². The molecule has 1 unspecified atom stereocenters. The van der Waals surface area contributed by atoms with Crippen molar-refractivity contribution >= 4 is 11.6 Å². The molecular weight excluding hydrogens is 356 g/mol. The van der Waals surface area contributed by atoms with Crippen LogP contribution in [0.3, 0.4) is 0 Å². The van der Waals surface area contributed by atoms with Crippen molar-refractivity contribution in [1.29, 1.82) is 0 Å². The fourth-order valence-electron chi connectivity index (χ4n) is 3.28. The number of hydrogen-bond donors (Lipinski definition) is 1. The molecule has 0 saturated heterocycles. The van der Waals surface area contributed by atoms with Crippen LogP contribution in [0, 0.1) is 6.92 Å². The number of carbonyl (C=O) groups excluding carboxylic acids is 1. The smallest absolute Gasteiger partial charge is 0.280 e. The zero-order chi connectivity index (χ0) is 19.7. The number of nitrogens with zero attached hydrogens (tertiary/aromatic N) is 4. The number of hydrogen-bond acceptors (Lipinski definition) is 6. The van der Waals surface area contributed by atoms with E-state index in [1.54, 1.807) is 12.1 Å². The van der Waals surface area contributed by atoms with Gasteiger partial charge in [-0.25, -0.2) is 4.99 Å². The summed E-state index contributed by atoms with van der Waals surface area (Å²) in [7, 11) is 0. The topological polar surface area (TPSA) is 101 Å². The maximum Gasteiger partial charge on any atom is 0.280 e. The molecule has 142 valence electrons. The molecule has 0 aliphatic heterocycles. The molecule has 1 atom stereocenters. The average molecular weight is 376 g/mol. The quantitative estimate of drug-likeness (QED) is 0.751. The van der Waals surface area contributed by atoms with Crippen LogP contribution < -0.4 is 0 Å². The van der Waals surface area contributed by atoms with Crippen LogP contribution in [0.5, 0.6) is 0 Å². The van der Waals surface area contributed by atoms with Crippen molar-refractivity contribution in [3.8, 4) is 11.4 Å². The number of amides is 1. The zero-order valence-corrected chi connectivity index (χ0v) is 15.7. The SMILES string of the molecule is CCc1nc(-c2ccc3c(c2)CCC3=NC(=O)C(O)c2cccc(C)n2)no1. The maximum atomic E-state index is 12.4. The summed E-state index contributed by atoms with van der Waals surface area (Å²) in [6, 6.07) is 11.0. The van der Waals surface area contributed by atoms with Gasteiger partial charge in [0.2, 0.25) is 11.7 Å². The van der Waals surface area contributed by atoms with Crippen molar-refractivity contribution in [3.05, 3.63) is 64.8 Å². The fourth-order valence-corrected chi connectivity index (χ4v) is 3.28. The van der Waals surface area contributed by atoms with E-state index in [9.17, 15) is 9.90 Å². The van der Waals surface area contributed by atoms with Crippen LogP contribution >= 0.6 is 0 Å². The monoisotopic (exact) mass is 376 g/mol. The molecule has 0 radical (unpaired) electrons. The molecule has 0 saturated carbocycles. The lowest BCUT2D eigenvalue weighted by atomic mass is 10.1. The van der Waals surface area contributed by atoms with Gasteiger partial charge in [-0.15, -0.1) is 0 Å². The summed E-state index contributed by atoms with van der Waals surface area (Å²) in [6.07, 6.45) is 0.745. The molecule has 7 nitrogen and oxygen atoms in total. The van der Waals surface area contributed by atoms with Crippen molar-refractivity contribution in [2.45, 2.75) is 39.2 Å². The minimum Gasteiger partial charge on any atom is -0.377 e. The molecule has 1 aliphatic rings. The Hall–Kier alpha value is -3.19. The Morgan fingerprint density at radius 2 is 2.11 bits per heavy atom. The van der Waals surface area contributed by atoms with Gasteiger partial charge in [0.15, 0.2) is 6.10 Å². The number of fused-ring (bicyclic) bond motifs is 1. The third-order valence-corrected chi connectivity index (χ3v) is 4.75. The Bertz CT molecular complexity index is 1070. The van der Waals surface area contributed by atoms with Crippen molar-refractivity contribution in [2.75, 3.05) is 0 Å². The lowest BCUT2D eigenvalue weighted by Gasteiger charge is -2.08. The summed E-state index contributed by atoms with van der Waals surface area (Å²) in [6.45, 7) is 3.77. The first-order valence-electron chi connectivity index (χ1n) is 9.24. The zero-order valence-electron chi connectivity index (χ0n) is 15.7. The van der Waals surface area contributed by atoms with Gasteiger partial charge in [0.1, 0.15) is 0 Å². The van der Waals surface area contributed by atoms with E-state index in [-0.39, 0.29) is 0 Å². The van der Waals surface area contributed by atoms with E-state index < -0.39 is 12.0 Å². The van der Waals surface area contributed by atoms with Gasteiger partial charge in [-0.3, -0.25) is 9.78 Å². The fraction of sp³-hybridized carbons (Fsp3) is 0.286. The van der Waals surface area contributed by atoms with Gasteiger partial charge in [0.25, 0.3) is 5.91 Å². The van der Waals surface area contributed by atoms with E-state index >= 15 is 0 Å². The van der Waals surface area contributed by atoms with Crippen LogP contribution in [0.1, 0.15) is 47.9 Å². The predicted octanol–water partition coefficient (Wildman–Crippen LogP) is 3.00. The van der Waals surface area contributed by atoms with Crippen LogP contribution in [-0.4, -0.2) is 31.9 Å². The van der Waals surface area contributed by atoms with Gasteiger partial charge >= 0.3 is 0 Å². The van der Waals surface area contributed by atoms with Crippen molar-refractivity contribution in [2.24, 2.45) is 4.99 Å². The van der Waals surface area contributed by atoms with Crippen molar-refractivity contribution in [3.63, 3.8) is 0 Å². The normalized spacial score (nSPS) is 15.6. The average Bonchev–Trinajstić information content (AvgIpc) is 3.34. The Labute approximate surface area is 162 Å². The van der Waals surface area contributed by atoms with Gasteiger partial charge in [-0.05, 0) is 49.1 Å². The summed E-state index contributed by atoms with van der Waals surface area (Å²) < 4.78 is 5.17. The summed E-state index contributed by atoms with van der Waals surface area (Å²) in [5.74, 6) is 0.555. The third-order valence-electron chi connectivity index (χ3n) is 4.75. The minimum atomic E-state index is -1.36. The van der Waals surface area contributed by atoms with Crippen LogP contribution in [-0.2, 0) is 17.6 Å². The predicted molar refractivity (Wildman–Crippen MR) is 103 cm³/mol. The largest absolute Gasteiger partial charge is 0.377 e. The van der Waals surface area contributed by atoms with Gasteiger partial charge in [0.05, 0.1) is 11.4 Å². The number of aliphatic hydroxyl groups is 1. The molecule has 2 heterocycles. The molecule has 0 spiro atoms. The van der Waals surface area contributed by atoms with Crippen LogP contribution in [0.4, 0.5) is 0 Å². The van der Waals surface area contributed by atoms with Crippen LogP contribution in [0.15, 0.2) is 45.9 Å². The number of pyridine rings is 1. The molecule has 28 heavy (non-hydrogen) atoms. The standard InChI is InChI=1S/C21H20N4O3/c1-3-18-24-20(25-28-18)14-7-9-15-13(11-14)8-10-16(15)23-21(27)19(26)17-6-4-5-12(2)22-17/h4-7,9,11,19,26H,3,8,10H2,1-2H3. The minimum absolute atomic E-state index is 0.312. The van der Waals surface area contributed by atoms with E-state index in [0.717, 1.165) is 28.8 Å². The number of aryl methyl sites for hydroxylation is 3. The van der Waals surface area contributed by atoms with Gasteiger partial charge < -0.3 is 9.63 Å². The molecule has 1 aromatic carbocycles. The van der Waals surface area contributed by atoms with E-state index in [2.05, 4.69) is 20.1 Å². The highest BCUT2D eigenvalue weighted by Gasteiger charge is 2.24. The summed E-state index contributed by atoms with van der Waals surface area (Å²) >= 11 is 0. The van der Waals surface area contributed by atoms with E-state index in [0.29, 0.717) is 36.0 Å². The number of carbonyl (C=O) groups is 1. The second-order valence-corrected chi connectivity index (χ2v) is 6.74. The van der Waals surface area contributed by atoms with Crippen molar-refractivity contribution < 1.29 is 14.4 Å². The lowest BCUT2D eigenvalue weighted by Crippen LogP contribution is -2.13. The summed E-state index contributed by atoms with van der Waals surface area (Å²) in [5.41, 5.74) is 4.60. The third kappa shape index (κ3) is 3.48. The number of aliphatic hydroxyl groups excluding tert-OH is 1. The molecule has 7 heteroatoms. The number of aliphatic imine (C=N–C) groups is 1. The number of rotatable bonds is 4. The summed E-state index contributed by atoms with van der Waals surface area (Å²) in [4.78, 5) is 25.2. The highest BCUT2D eigenvalue weighted by molar-refractivity contribution is 6.10. The maximum absolute atomic E-state index is 12.4. The molecule has 1 aliphatic carbocycles. The van der Waals surface area contributed by atoms with E-state index in [1.165, 1.54) is 0 Å². The Morgan fingerprint density at radius 1 is 1.25 bits per heavy atom. The second-order valence-electron chi connectivity index (χ2n) is 6.74. The highest BCUT2D eigenvalue weighted by Crippen LogP contribution is 2.28. The van der Waals surface area contributed by atoms with Gasteiger partial charge in [-0.1, -0.05) is 30.3 Å². The van der Waals surface area contributed by atoms with Crippen LogP contribution in [0.2, 0.25) is 0 Å². The highest BCUT2D eigenvalue weighted by atomic mass is 16.5. The molecule has 0 fully saturated rings. The van der Waals surface area contributed by atoms with Gasteiger partial charge in [-0.2, -0.15) is 4.98 Å². The van der Waals surface area contributed by atoms with E-state index in [1.807, 2.05) is 38.1 Å². The first-order chi connectivity index (χ1) is 13.5. The first-order valence-corrected chi connectivity index (χ1v) is 9.24. The number of benzene rings is 1. The Balaban J connectivity index is 1.58. The molecule has 3 aromatic rings. The molecule has 0 bridgehead atoms. The molecule has 2 aromatic heterocycles. The molecule has 1 amide bonds. The first kappa shape index (κ1) is 18.2. The molecular formula is C21H20N4O3. The van der Waals surface area contributed by atoms with Gasteiger partial charge in [0, 0.05) is 17.7 Å². The lowest BCUT2D eigenvalue weighted by molar-refractivity contribution is -0.126. The van der Waals surface area contributed by atoms with E-state index in [4.69, 9.17) is 4.52 Å². The Morgan fingerprint density at radius 3 is 2.86 bits per heavy atom. The summed E-state index contributed by atoms with van der Waals surface area (Å²) in [5, 5.41) is 14.3. The number of aromatic nitrogens is 3. The molecule has 1 N–H and O–H groups in total. The molecule has 4 rings (SSSR count). The Kier molecular flexibility index (Phi) is 4.83. The second kappa shape index (κ2) is 7.44.